The van der Waals surface area contributed by atoms with Gasteiger partial charge in [-0.1, -0.05) is 47.5 Å². The molecule has 1 heterocycles. The number of aromatic nitrogens is 2. The van der Waals surface area contributed by atoms with Gasteiger partial charge in [0.1, 0.15) is 5.82 Å². The molecule has 0 saturated heterocycles. The van der Waals surface area contributed by atoms with Gasteiger partial charge in [0.2, 0.25) is 0 Å². The highest BCUT2D eigenvalue weighted by molar-refractivity contribution is 7.90. The van der Waals surface area contributed by atoms with Gasteiger partial charge in [-0.15, -0.1) is 0 Å². The van der Waals surface area contributed by atoms with Crippen LogP contribution in [-0.2, 0) is 16.4 Å². The smallest absolute Gasteiger partial charge is 0.283 e. The highest BCUT2D eigenvalue weighted by Crippen LogP contribution is 2.26. The monoisotopic (exact) mass is 456 g/mol. The molecule has 158 valence electrons. The number of carbonyl (C=O) groups excluding carboxylic acids is 1. The van der Waals surface area contributed by atoms with Gasteiger partial charge in [0.25, 0.3) is 10.0 Å². The van der Waals surface area contributed by atoms with Crippen LogP contribution in [0.15, 0.2) is 65.7 Å². The van der Waals surface area contributed by atoms with Gasteiger partial charge in [-0.25, -0.2) is 4.39 Å². The fourth-order valence-corrected chi connectivity index (χ4v) is 5.31. The number of halogens is 2. The van der Waals surface area contributed by atoms with Gasteiger partial charge < -0.3 is 0 Å². The second kappa shape index (κ2) is 7.90. The number of benzene rings is 3. The number of hydrogen-bond donors (Lipinski definition) is 0. The predicted octanol–water partition coefficient (Wildman–Crippen LogP) is 5.11. The van der Waals surface area contributed by atoms with Crippen molar-refractivity contribution in [2.45, 2.75) is 25.2 Å². The lowest BCUT2D eigenvalue weighted by Crippen LogP contribution is -2.16. The summed E-state index contributed by atoms with van der Waals surface area (Å²) in [5.41, 5.74) is 2.25. The lowest BCUT2D eigenvalue weighted by atomic mass is 10.0. The molecule has 0 bridgehead atoms. The Labute approximate surface area is 184 Å². The van der Waals surface area contributed by atoms with Crippen molar-refractivity contribution in [3.8, 4) is 0 Å². The molecule has 0 aliphatic heterocycles. The maximum Gasteiger partial charge on any atom is 0.283 e. The van der Waals surface area contributed by atoms with E-state index in [0.29, 0.717) is 22.0 Å². The zero-order chi connectivity index (χ0) is 22.3. The van der Waals surface area contributed by atoms with Crippen LogP contribution in [0.25, 0.3) is 10.9 Å². The van der Waals surface area contributed by atoms with Crippen molar-refractivity contribution >= 4 is 38.3 Å². The van der Waals surface area contributed by atoms with Crippen LogP contribution in [0.2, 0.25) is 5.02 Å². The van der Waals surface area contributed by atoms with Crippen LogP contribution in [0.4, 0.5) is 4.39 Å². The number of rotatable bonds is 5. The van der Waals surface area contributed by atoms with Crippen molar-refractivity contribution in [3.63, 3.8) is 0 Å². The fourth-order valence-electron chi connectivity index (χ4n) is 3.56. The van der Waals surface area contributed by atoms with Crippen LogP contribution in [0.5, 0.6) is 0 Å². The number of Topliss-reactive ketones (excluding diaryl/α,β-unsaturated/α-hetero) is 1. The molecule has 3 aromatic carbocycles. The largest absolute Gasteiger partial charge is 0.294 e. The van der Waals surface area contributed by atoms with Gasteiger partial charge in [0.15, 0.2) is 5.78 Å². The summed E-state index contributed by atoms with van der Waals surface area (Å²) in [6.07, 6.45) is 1.32. The van der Waals surface area contributed by atoms with E-state index in [2.05, 4.69) is 5.10 Å². The summed E-state index contributed by atoms with van der Waals surface area (Å²) in [6.45, 7) is 3.62. The van der Waals surface area contributed by atoms with Gasteiger partial charge >= 0.3 is 0 Å². The standard InChI is InChI=1S/C23H18ClFN2O3S/c1-14-6-9-22(15(2)10-14)31(29,30)27-20-11-16(7-8-17(20)13-26-27)12-21(28)23-18(24)4-3-5-19(23)25/h3-11,13H,12H2,1-2H3. The van der Waals surface area contributed by atoms with Crippen LogP contribution >= 0.6 is 11.6 Å². The first-order chi connectivity index (χ1) is 14.7. The summed E-state index contributed by atoms with van der Waals surface area (Å²) in [6, 6.07) is 14.1. The van der Waals surface area contributed by atoms with Gasteiger partial charge in [0, 0.05) is 11.8 Å². The molecule has 0 saturated carbocycles. The van der Waals surface area contributed by atoms with Gasteiger partial charge in [-0.3, -0.25) is 4.79 Å². The molecular formula is C23H18ClFN2O3S. The molecule has 4 aromatic rings. The van der Waals surface area contributed by atoms with Crippen molar-refractivity contribution in [1.82, 2.24) is 9.19 Å². The zero-order valence-corrected chi connectivity index (χ0v) is 18.3. The van der Waals surface area contributed by atoms with Gasteiger partial charge in [-0.05, 0) is 49.2 Å². The Bertz CT molecular complexity index is 1420. The first-order valence-corrected chi connectivity index (χ1v) is 11.3. The van der Waals surface area contributed by atoms with E-state index in [9.17, 15) is 17.6 Å². The average Bonchev–Trinajstić information content (AvgIpc) is 3.11. The molecule has 5 nitrogen and oxygen atoms in total. The Morgan fingerprint density at radius 1 is 1.10 bits per heavy atom. The van der Waals surface area contributed by atoms with Crippen LogP contribution in [-0.4, -0.2) is 23.4 Å². The van der Waals surface area contributed by atoms with Crippen LogP contribution in [0.1, 0.15) is 27.0 Å². The second-order valence-corrected chi connectivity index (χ2v) is 9.49. The lowest BCUT2D eigenvalue weighted by Gasteiger charge is -2.10. The van der Waals surface area contributed by atoms with E-state index in [1.807, 2.05) is 6.92 Å². The lowest BCUT2D eigenvalue weighted by molar-refractivity contribution is 0.0989. The van der Waals surface area contributed by atoms with Crippen molar-refractivity contribution in [1.29, 1.82) is 0 Å². The Balaban J connectivity index is 1.75. The highest BCUT2D eigenvalue weighted by atomic mass is 35.5. The summed E-state index contributed by atoms with van der Waals surface area (Å²) in [7, 11) is -3.94. The van der Waals surface area contributed by atoms with Crippen molar-refractivity contribution in [2.75, 3.05) is 0 Å². The maximum absolute atomic E-state index is 14.1. The van der Waals surface area contributed by atoms with E-state index in [1.165, 1.54) is 24.4 Å². The number of ketones is 1. The Morgan fingerprint density at radius 2 is 1.87 bits per heavy atom. The maximum atomic E-state index is 14.1. The number of aryl methyl sites for hydroxylation is 2. The minimum absolute atomic E-state index is 0.0357. The molecule has 0 radical (unpaired) electrons. The summed E-state index contributed by atoms with van der Waals surface area (Å²) >= 11 is 5.99. The summed E-state index contributed by atoms with van der Waals surface area (Å²) in [5.74, 6) is -1.19. The summed E-state index contributed by atoms with van der Waals surface area (Å²) in [5, 5.41) is 4.72. The zero-order valence-electron chi connectivity index (χ0n) is 16.8. The molecule has 31 heavy (non-hydrogen) atoms. The number of hydrogen-bond acceptors (Lipinski definition) is 4. The number of fused-ring (bicyclic) bond motifs is 1. The topological polar surface area (TPSA) is 69.0 Å². The summed E-state index contributed by atoms with van der Waals surface area (Å²) in [4.78, 5) is 12.8. The third kappa shape index (κ3) is 3.86. The van der Waals surface area contributed by atoms with E-state index in [4.69, 9.17) is 11.6 Å². The SMILES string of the molecule is Cc1ccc(S(=O)(=O)n2ncc3ccc(CC(=O)c4c(F)cccc4Cl)cc32)c(C)c1. The highest BCUT2D eigenvalue weighted by Gasteiger charge is 2.23. The van der Waals surface area contributed by atoms with E-state index >= 15 is 0 Å². The fraction of sp³-hybridized carbons (Fsp3) is 0.130. The Hall–Kier alpha value is -3.03. The van der Waals surface area contributed by atoms with Crippen molar-refractivity contribution < 1.29 is 17.6 Å². The molecule has 0 amide bonds. The molecule has 0 spiro atoms. The van der Waals surface area contributed by atoms with Crippen molar-refractivity contribution in [2.24, 2.45) is 0 Å². The second-order valence-electron chi connectivity index (χ2n) is 7.35. The molecular weight excluding hydrogens is 439 g/mol. The van der Waals surface area contributed by atoms with E-state index < -0.39 is 21.6 Å². The molecule has 8 heteroatoms. The van der Waals surface area contributed by atoms with Crippen LogP contribution < -0.4 is 0 Å². The van der Waals surface area contributed by atoms with Crippen LogP contribution in [0, 0.1) is 19.7 Å². The average molecular weight is 457 g/mol. The van der Waals surface area contributed by atoms with Gasteiger partial charge in [0.05, 0.1) is 27.2 Å². The minimum atomic E-state index is -3.94. The molecule has 0 atom stereocenters. The van der Waals surface area contributed by atoms with Crippen LogP contribution in [0.3, 0.4) is 0 Å². The Kier molecular flexibility index (Phi) is 5.41. The minimum Gasteiger partial charge on any atom is -0.294 e. The van der Waals surface area contributed by atoms with E-state index in [-0.39, 0.29) is 21.9 Å². The Morgan fingerprint density at radius 3 is 2.58 bits per heavy atom. The normalized spacial score (nSPS) is 11.7. The van der Waals surface area contributed by atoms with Crippen molar-refractivity contribution in [3.05, 3.63) is 93.9 Å². The quantitative estimate of drug-likeness (QED) is 0.391. The van der Waals surface area contributed by atoms with E-state index in [0.717, 1.165) is 9.65 Å². The molecule has 0 aliphatic rings. The molecule has 4 rings (SSSR count). The third-order valence-corrected chi connectivity index (χ3v) is 7.12. The molecule has 0 unspecified atom stereocenters. The molecule has 0 aliphatic carbocycles. The van der Waals surface area contributed by atoms with Gasteiger partial charge in [-0.2, -0.15) is 17.6 Å². The third-order valence-electron chi connectivity index (χ3n) is 5.04. The predicted molar refractivity (Wildman–Crippen MR) is 118 cm³/mol. The first kappa shape index (κ1) is 21.2. The molecule has 1 aromatic heterocycles. The summed E-state index contributed by atoms with van der Waals surface area (Å²) < 4.78 is 41.5. The van der Waals surface area contributed by atoms with E-state index in [1.54, 1.807) is 43.3 Å². The number of carbonyl (C=O) groups is 1. The molecule has 0 fully saturated rings. The molecule has 0 N–H and O–H groups in total. The first-order valence-electron chi connectivity index (χ1n) is 9.45. The number of nitrogens with zero attached hydrogens (tertiary/aromatic N) is 2.